The number of likely N-dealkylation sites (N-methyl/N-ethyl adjacent to an activating group) is 1. The van der Waals surface area contributed by atoms with E-state index in [-0.39, 0.29) is 36.0 Å². The van der Waals surface area contributed by atoms with Gasteiger partial charge < -0.3 is 33.2 Å². The third kappa shape index (κ3) is 6.34. The van der Waals surface area contributed by atoms with E-state index in [1.165, 1.54) is 44.9 Å². The fourth-order valence-electron chi connectivity index (χ4n) is 4.16. The third-order valence-corrected chi connectivity index (χ3v) is 5.30. The van der Waals surface area contributed by atoms with E-state index in [9.17, 15) is 4.79 Å². The van der Waals surface area contributed by atoms with Gasteiger partial charge in [-0.2, -0.15) is 0 Å². The molecular weight excluding hydrogens is 389 g/mol. The van der Waals surface area contributed by atoms with Crippen molar-refractivity contribution in [3.05, 3.63) is 0 Å². The van der Waals surface area contributed by atoms with Gasteiger partial charge >= 0.3 is 5.97 Å². The Morgan fingerprint density at radius 2 is 1.73 bits per heavy atom. The van der Waals surface area contributed by atoms with E-state index >= 15 is 0 Å². The zero-order valence-corrected chi connectivity index (χ0v) is 16.8. The molecule has 22 heavy (non-hydrogen) atoms. The van der Waals surface area contributed by atoms with Gasteiger partial charge in [-0.3, -0.25) is 0 Å². The lowest BCUT2D eigenvalue weighted by Gasteiger charge is -2.38. The number of hydrogen-bond acceptors (Lipinski definition) is 2. The molecule has 0 spiro atoms. The molecule has 0 aromatic rings. The van der Waals surface area contributed by atoms with E-state index in [2.05, 4.69) is 20.9 Å². The second-order valence-corrected chi connectivity index (χ2v) is 7.99. The summed E-state index contributed by atoms with van der Waals surface area (Å²) in [5, 5.41) is 0. The lowest BCUT2D eigenvalue weighted by Crippen LogP contribution is -3.00. The van der Waals surface area contributed by atoms with Crippen molar-refractivity contribution >= 4 is 5.97 Å². The Hall–Kier alpha value is 0.160. The van der Waals surface area contributed by atoms with Crippen LogP contribution < -0.4 is 24.0 Å². The van der Waals surface area contributed by atoms with E-state index < -0.39 is 0 Å². The van der Waals surface area contributed by atoms with Crippen molar-refractivity contribution in [3.63, 3.8) is 0 Å². The fraction of sp³-hybridized carbons (Fsp3) is 0.944. The molecule has 1 aliphatic heterocycles. The van der Waals surface area contributed by atoms with Crippen LogP contribution in [0.3, 0.4) is 0 Å². The molecule has 130 valence electrons. The minimum atomic E-state index is 0. The Bertz CT molecular complexity index is 340. The number of ether oxygens (including phenoxy) is 1. The van der Waals surface area contributed by atoms with Crippen molar-refractivity contribution in [1.82, 2.24) is 0 Å². The Labute approximate surface area is 153 Å². The summed E-state index contributed by atoms with van der Waals surface area (Å²) in [5.74, 6) is 1.33. The number of esters is 1. The monoisotopic (exact) mass is 423 g/mol. The van der Waals surface area contributed by atoms with Gasteiger partial charge in [0.2, 0.25) is 0 Å². The van der Waals surface area contributed by atoms with Gasteiger partial charge in [-0.1, -0.05) is 20.3 Å². The Morgan fingerprint density at radius 1 is 1.09 bits per heavy atom. The normalized spacial score (nSPS) is 28.0. The average Bonchev–Trinajstić information content (AvgIpc) is 2.40. The summed E-state index contributed by atoms with van der Waals surface area (Å²) in [6.45, 7) is 7.39. The van der Waals surface area contributed by atoms with E-state index in [4.69, 9.17) is 4.74 Å². The molecule has 2 unspecified atom stereocenters. The van der Waals surface area contributed by atoms with Crippen molar-refractivity contribution in [2.24, 2.45) is 11.8 Å². The first-order valence-corrected chi connectivity index (χ1v) is 9.01. The number of halogens is 1. The smallest absolute Gasteiger partial charge is 0.362 e. The molecule has 3 nitrogen and oxygen atoms in total. The van der Waals surface area contributed by atoms with Crippen LogP contribution in [0.15, 0.2) is 0 Å². The van der Waals surface area contributed by atoms with Crippen LogP contribution in [0.2, 0.25) is 0 Å². The van der Waals surface area contributed by atoms with Gasteiger partial charge in [0.25, 0.3) is 0 Å². The van der Waals surface area contributed by atoms with Gasteiger partial charge in [0, 0.05) is 0 Å². The number of rotatable bonds is 5. The predicted octanol–water partition coefficient (Wildman–Crippen LogP) is 0.769. The van der Waals surface area contributed by atoms with Crippen LogP contribution in [-0.4, -0.2) is 43.2 Å². The number of carbonyl (C=O) groups excluding carboxylic acids is 1. The summed E-state index contributed by atoms with van der Waals surface area (Å²) in [6, 6.07) is 0. The third-order valence-electron chi connectivity index (χ3n) is 5.30. The summed E-state index contributed by atoms with van der Waals surface area (Å²) in [6.07, 6.45) is 10.1. The molecule has 1 saturated carbocycles. The second-order valence-electron chi connectivity index (χ2n) is 7.99. The van der Waals surface area contributed by atoms with Crippen LogP contribution in [0, 0.1) is 11.8 Å². The number of quaternary nitrogens is 1. The van der Waals surface area contributed by atoms with Gasteiger partial charge in [-0.25, -0.2) is 4.79 Å². The minimum Gasteiger partial charge on any atom is -1.00 e. The molecule has 4 heteroatoms. The van der Waals surface area contributed by atoms with E-state index in [0.717, 1.165) is 24.0 Å². The van der Waals surface area contributed by atoms with Crippen molar-refractivity contribution < 1.29 is 38.0 Å². The summed E-state index contributed by atoms with van der Waals surface area (Å²) in [5.41, 5.74) is 0. The lowest BCUT2D eigenvalue weighted by molar-refractivity contribution is -0.907. The molecule has 1 aliphatic carbocycles. The molecule has 1 saturated heterocycles. The number of piperidine rings is 1. The van der Waals surface area contributed by atoms with Crippen molar-refractivity contribution in [1.29, 1.82) is 0 Å². The molecule has 2 fully saturated rings. The van der Waals surface area contributed by atoms with Crippen LogP contribution in [0.1, 0.15) is 65.2 Å². The number of carbonyl (C=O) groups is 1. The summed E-state index contributed by atoms with van der Waals surface area (Å²) >= 11 is 0. The van der Waals surface area contributed by atoms with E-state index in [1.54, 1.807) is 0 Å². The maximum absolute atomic E-state index is 12.4. The SMILES string of the molecule is CC(C)CC1CCCCC1OC(=O)C[N+]1(C)CCCCC1.[I-]. The van der Waals surface area contributed by atoms with Gasteiger partial charge in [0.05, 0.1) is 20.1 Å². The Balaban J connectivity index is 0.00000242. The number of nitrogens with zero attached hydrogens (tertiary/aromatic N) is 1. The standard InChI is InChI=1S/C18H34NO2.HI/c1-15(2)13-16-9-5-6-10-17(16)21-18(20)14-19(3)11-7-4-8-12-19;/h15-17H,4-14H2,1-3H3;1H/q+1;/p-1. The molecule has 0 radical (unpaired) electrons. The largest absolute Gasteiger partial charge is 1.00 e. The maximum atomic E-state index is 12.4. The highest BCUT2D eigenvalue weighted by Gasteiger charge is 2.33. The van der Waals surface area contributed by atoms with E-state index in [1.807, 2.05) is 0 Å². The molecule has 2 rings (SSSR count). The van der Waals surface area contributed by atoms with Gasteiger partial charge in [-0.05, 0) is 56.8 Å². The first-order valence-electron chi connectivity index (χ1n) is 9.01. The van der Waals surface area contributed by atoms with Crippen molar-refractivity contribution in [2.45, 2.75) is 71.3 Å². The van der Waals surface area contributed by atoms with Crippen LogP contribution in [-0.2, 0) is 9.53 Å². The highest BCUT2D eigenvalue weighted by Crippen LogP contribution is 2.32. The van der Waals surface area contributed by atoms with Crippen LogP contribution in [0.5, 0.6) is 0 Å². The van der Waals surface area contributed by atoms with Crippen molar-refractivity contribution in [3.8, 4) is 0 Å². The quantitative estimate of drug-likeness (QED) is 0.371. The molecule has 0 amide bonds. The maximum Gasteiger partial charge on any atom is 0.362 e. The Kier molecular flexibility index (Phi) is 8.68. The van der Waals surface area contributed by atoms with Gasteiger partial charge in [0.1, 0.15) is 6.10 Å². The predicted molar refractivity (Wildman–Crippen MR) is 85.9 cm³/mol. The fourth-order valence-corrected chi connectivity index (χ4v) is 4.16. The lowest BCUT2D eigenvalue weighted by atomic mass is 9.81. The molecule has 0 bridgehead atoms. The second kappa shape index (κ2) is 9.45. The number of hydrogen-bond donors (Lipinski definition) is 0. The first kappa shape index (κ1) is 20.2. The highest BCUT2D eigenvalue weighted by molar-refractivity contribution is 5.70. The molecule has 0 aromatic heterocycles. The molecule has 2 atom stereocenters. The molecule has 0 N–H and O–H groups in total. The number of likely N-dealkylation sites (tertiary alicyclic amines) is 1. The molecule has 1 heterocycles. The molecular formula is C18H34INO2. The van der Waals surface area contributed by atoms with Crippen molar-refractivity contribution in [2.75, 3.05) is 26.7 Å². The van der Waals surface area contributed by atoms with Gasteiger partial charge in [0.15, 0.2) is 6.54 Å². The summed E-state index contributed by atoms with van der Waals surface area (Å²) in [4.78, 5) is 12.4. The van der Waals surface area contributed by atoms with Crippen LogP contribution >= 0.6 is 0 Å². The Morgan fingerprint density at radius 3 is 2.36 bits per heavy atom. The zero-order valence-electron chi connectivity index (χ0n) is 14.7. The summed E-state index contributed by atoms with van der Waals surface area (Å²) < 4.78 is 6.81. The van der Waals surface area contributed by atoms with Crippen LogP contribution in [0.25, 0.3) is 0 Å². The summed E-state index contributed by atoms with van der Waals surface area (Å²) in [7, 11) is 2.22. The van der Waals surface area contributed by atoms with Gasteiger partial charge in [-0.15, -0.1) is 0 Å². The minimum absolute atomic E-state index is 0. The molecule has 2 aliphatic rings. The first-order chi connectivity index (χ1) is 9.98. The zero-order chi connectivity index (χ0) is 15.3. The van der Waals surface area contributed by atoms with E-state index in [0.29, 0.717) is 18.4 Å². The van der Waals surface area contributed by atoms with Crippen LogP contribution in [0.4, 0.5) is 0 Å². The topological polar surface area (TPSA) is 26.3 Å². The molecule has 0 aromatic carbocycles. The highest BCUT2D eigenvalue weighted by atomic mass is 127. The average molecular weight is 423 g/mol.